The highest BCUT2D eigenvalue weighted by Crippen LogP contribution is 2.37. The van der Waals surface area contributed by atoms with Gasteiger partial charge in [-0.1, -0.05) is 17.3 Å². The summed E-state index contributed by atoms with van der Waals surface area (Å²) in [5.41, 5.74) is 9.97. The predicted molar refractivity (Wildman–Crippen MR) is 118 cm³/mol. The van der Waals surface area contributed by atoms with Gasteiger partial charge in [0.2, 0.25) is 18.4 Å². The standard InChI is InChI=1S/C21H16N8O6/c1-32-21(31)12-4-2-11(3-5-12)9-23-25-20(30)16-17(13-6-7-14-15(8-13)34-10-33-14)29(28-24-16)19-18(22)26-35-27-19/h2-9H,10H2,1H3,(H2,22,26)(H,25,30). The van der Waals surface area contributed by atoms with Crippen molar-refractivity contribution in [1.29, 1.82) is 0 Å². The Labute approximate surface area is 196 Å². The van der Waals surface area contributed by atoms with Gasteiger partial charge in [-0.15, -0.1) is 5.10 Å². The molecule has 0 spiro atoms. The van der Waals surface area contributed by atoms with Gasteiger partial charge in [-0.2, -0.15) is 9.78 Å². The molecule has 0 atom stereocenters. The smallest absolute Gasteiger partial charge is 0.337 e. The van der Waals surface area contributed by atoms with Crippen molar-refractivity contribution in [2.24, 2.45) is 5.10 Å². The Kier molecular flexibility index (Phi) is 5.51. The summed E-state index contributed by atoms with van der Waals surface area (Å²) in [6.45, 7) is 0.0825. The summed E-state index contributed by atoms with van der Waals surface area (Å²) in [7, 11) is 1.30. The highest BCUT2D eigenvalue weighted by Gasteiger charge is 2.26. The van der Waals surface area contributed by atoms with Crippen molar-refractivity contribution < 1.29 is 28.4 Å². The number of nitrogen functional groups attached to an aromatic ring is 1. The molecule has 5 rings (SSSR count). The Morgan fingerprint density at radius 3 is 2.69 bits per heavy atom. The zero-order chi connectivity index (χ0) is 24.4. The predicted octanol–water partition coefficient (Wildman–Crippen LogP) is 1.18. The lowest BCUT2D eigenvalue weighted by Gasteiger charge is -2.07. The van der Waals surface area contributed by atoms with Crippen LogP contribution in [0, 0.1) is 0 Å². The maximum atomic E-state index is 13.0. The van der Waals surface area contributed by atoms with E-state index in [9.17, 15) is 9.59 Å². The van der Waals surface area contributed by atoms with E-state index >= 15 is 0 Å². The summed E-state index contributed by atoms with van der Waals surface area (Å²) in [5, 5.41) is 19.3. The van der Waals surface area contributed by atoms with E-state index in [0.717, 1.165) is 0 Å². The van der Waals surface area contributed by atoms with Crippen molar-refractivity contribution in [2.75, 3.05) is 19.6 Å². The molecule has 2 aromatic carbocycles. The van der Waals surface area contributed by atoms with Crippen molar-refractivity contribution in [3.63, 3.8) is 0 Å². The van der Waals surface area contributed by atoms with Crippen LogP contribution in [0.3, 0.4) is 0 Å². The SMILES string of the molecule is COC(=O)c1ccc(C=NNC(=O)c2nnn(-c3nonc3N)c2-c2ccc3c(c2)OCO3)cc1. The summed E-state index contributed by atoms with van der Waals surface area (Å²) in [6, 6.07) is 11.5. The molecule has 176 valence electrons. The Morgan fingerprint density at radius 2 is 1.94 bits per heavy atom. The molecule has 14 heteroatoms. The van der Waals surface area contributed by atoms with Gasteiger partial charge in [0.1, 0.15) is 5.69 Å². The van der Waals surface area contributed by atoms with E-state index in [1.807, 2.05) is 0 Å². The number of fused-ring (bicyclic) bond motifs is 1. The van der Waals surface area contributed by atoms with E-state index in [-0.39, 0.29) is 29.8 Å². The van der Waals surface area contributed by atoms with Crippen molar-refractivity contribution in [3.8, 4) is 28.6 Å². The zero-order valence-corrected chi connectivity index (χ0v) is 18.0. The van der Waals surface area contributed by atoms with E-state index in [1.165, 1.54) is 18.0 Å². The van der Waals surface area contributed by atoms with Gasteiger partial charge in [-0.05, 0) is 46.2 Å². The molecule has 0 aliphatic carbocycles. The Bertz CT molecular complexity index is 1440. The number of anilines is 1. The molecule has 0 saturated carbocycles. The average molecular weight is 476 g/mol. The number of hydrogen-bond donors (Lipinski definition) is 2. The van der Waals surface area contributed by atoms with Crippen LogP contribution in [-0.4, -0.2) is 57.3 Å². The number of aromatic nitrogens is 5. The first-order valence-electron chi connectivity index (χ1n) is 10.0. The van der Waals surface area contributed by atoms with Gasteiger partial charge in [-0.25, -0.2) is 14.8 Å². The second kappa shape index (κ2) is 8.93. The summed E-state index contributed by atoms with van der Waals surface area (Å²) in [4.78, 5) is 24.5. The molecule has 0 saturated heterocycles. The van der Waals surface area contributed by atoms with Crippen LogP contribution < -0.4 is 20.6 Å². The lowest BCUT2D eigenvalue weighted by atomic mass is 10.1. The fraction of sp³-hybridized carbons (Fsp3) is 0.0952. The van der Waals surface area contributed by atoms with E-state index in [0.29, 0.717) is 28.2 Å². The number of nitrogens with zero attached hydrogens (tertiary/aromatic N) is 6. The number of nitrogens with two attached hydrogens (primary N) is 1. The first-order chi connectivity index (χ1) is 17.0. The van der Waals surface area contributed by atoms with Gasteiger partial charge in [-0.3, -0.25) is 4.79 Å². The van der Waals surface area contributed by atoms with Crippen LogP contribution in [0.25, 0.3) is 17.1 Å². The van der Waals surface area contributed by atoms with Gasteiger partial charge in [0, 0.05) is 5.56 Å². The molecule has 3 N–H and O–H groups in total. The second-order valence-corrected chi connectivity index (χ2v) is 7.05. The molecule has 0 fully saturated rings. The van der Waals surface area contributed by atoms with E-state index < -0.39 is 11.9 Å². The third-order valence-electron chi connectivity index (χ3n) is 4.94. The summed E-state index contributed by atoms with van der Waals surface area (Å²) in [5.74, 6) is -0.0496. The van der Waals surface area contributed by atoms with Gasteiger partial charge in [0.15, 0.2) is 17.2 Å². The molecule has 1 amide bonds. The molecule has 0 radical (unpaired) electrons. The number of nitrogens with one attached hydrogen (secondary N) is 1. The third kappa shape index (κ3) is 4.10. The molecule has 35 heavy (non-hydrogen) atoms. The number of amides is 1. The fourth-order valence-corrected chi connectivity index (χ4v) is 3.27. The summed E-state index contributed by atoms with van der Waals surface area (Å²) >= 11 is 0. The lowest BCUT2D eigenvalue weighted by molar-refractivity contribution is 0.0600. The van der Waals surface area contributed by atoms with E-state index in [2.05, 4.69) is 40.5 Å². The molecule has 3 heterocycles. The Hall–Kier alpha value is -5.27. The fourth-order valence-electron chi connectivity index (χ4n) is 3.27. The summed E-state index contributed by atoms with van der Waals surface area (Å²) < 4.78 is 21.4. The van der Waals surface area contributed by atoms with Crippen LogP contribution in [0.4, 0.5) is 5.82 Å². The molecule has 1 aliphatic heterocycles. The monoisotopic (exact) mass is 476 g/mol. The number of carbonyl (C=O) groups excluding carboxylic acids is 2. The first-order valence-corrected chi connectivity index (χ1v) is 10.0. The zero-order valence-electron chi connectivity index (χ0n) is 18.0. The van der Waals surface area contributed by atoms with Crippen LogP contribution in [0.5, 0.6) is 11.5 Å². The number of ether oxygens (including phenoxy) is 3. The maximum absolute atomic E-state index is 13.0. The topological polar surface area (TPSA) is 182 Å². The van der Waals surface area contributed by atoms with Crippen molar-refractivity contribution in [3.05, 3.63) is 59.3 Å². The number of carbonyl (C=O) groups is 2. The highest BCUT2D eigenvalue weighted by atomic mass is 16.7. The van der Waals surface area contributed by atoms with Crippen LogP contribution in [0.2, 0.25) is 0 Å². The number of hydrogen-bond acceptors (Lipinski definition) is 12. The van der Waals surface area contributed by atoms with Crippen LogP contribution in [0.15, 0.2) is 52.2 Å². The average Bonchev–Trinajstić information content (AvgIpc) is 3.62. The third-order valence-corrected chi connectivity index (χ3v) is 4.94. The largest absolute Gasteiger partial charge is 0.465 e. The second-order valence-electron chi connectivity index (χ2n) is 7.05. The van der Waals surface area contributed by atoms with Crippen LogP contribution in [0.1, 0.15) is 26.4 Å². The van der Waals surface area contributed by atoms with Crippen molar-refractivity contribution in [2.45, 2.75) is 0 Å². The minimum absolute atomic E-state index is 0.0442. The van der Waals surface area contributed by atoms with Gasteiger partial charge < -0.3 is 19.9 Å². The molecule has 0 unspecified atom stereocenters. The van der Waals surface area contributed by atoms with Crippen molar-refractivity contribution >= 4 is 23.9 Å². The minimum atomic E-state index is -0.652. The van der Waals surface area contributed by atoms with E-state index in [1.54, 1.807) is 42.5 Å². The lowest BCUT2D eigenvalue weighted by Crippen LogP contribution is -2.19. The number of hydrazone groups is 1. The molecule has 1 aliphatic rings. The molecule has 4 aromatic rings. The Balaban J connectivity index is 1.44. The molecule has 14 nitrogen and oxygen atoms in total. The molecular formula is C21H16N8O6. The minimum Gasteiger partial charge on any atom is -0.465 e. The number of rotatable bonds is 6. The summed E-state index contributed by atoms with van der Waals surface area (Å²) in [6.07, 6.45) is 1.41. The molecular weight excluding hydrogens is 460 g/mol. The quantitative estimate of drug-likeness (QED) is 0.231. The maximum Gasteiger partial charge on any atom is 0.337 e. The number of esters is 1. The van der Waals surface area contributed by atoms with Gasteiger partial charge >= 0.3 is 5.97 Å². The molecule has 0 bridgehead atoms. The highest BCUT2D eigenvalue weighted by molar-refractivity contribution is 5.99. The van der Waals surface area contributed by atoms with Gasteiger partial charge in [0.25, 0.3) is 5.91 Å². The molecule has 2 aromatic heterocycles. The normalized spacial score (nSPS) is 12.1. The number of methoxy groups -OCH3 is 1. The van der Waals surface area contributed by atoms with Crippen LogP contribution >= 0.6 is 0 Å². The first kappa shape index (κ1) is 21.6. The van der Waals surface area contributed by atoms with Crippen molar-refractivity contribution in [1.82, 2.24) is 30.7 Å². The van der Waals surface area contributed by atoms with Gasteiger partial charge in [0.05, 0.1) is 18.9 Å². The Morgan fingerprint density at radius 1 is 1.14 bits per heavy atom. The van der Waals surface area contributed by atoms with E-state index in [4.69, 9.17) is 15.2 Å². The number of benzene rings is 2. The van der Waals surface area contributed by atoms with Crippen LogP contribution in [-0.2, 0) is 4.74 Å².